The predicted molar refractivity (Wildman–Crippen MR) is 82.3 cm³/mol. The van der Waals surface area contributed by atoms with E-state index in [9.17, 15) is 9.59 Å². The van der Waals surface area contributed by atoms with Gasteiger partial charge in [0.05, 0.1) is 0 Å². The van der Waals surface area contributed by atoms with E-state index >= 15 is 0 Å². The molecule has 2 rings (SSSR count). The first kappa shape index (κ1) is 15.1. The summed E-state index contributed by atoms with van der Waals surface area (Å²) in [4.78, 5) is 23.4. The van der Waals surface area contributed by atoms with Crippen molar-refractivity contribution in [2.45, 2.75) is 13.5 Å². The summed E-state index contributed by atoms with van der Waals surface area (Å²) in [6, 6.07) is 12.1. The Morgan fingerprint density at radius 3 is 2.57 bits per heavy atom. The smallest absolute Gasteiger partial charge is 0.251 e. The van der Waals surface area contributed by atoms with Crippen LogP contribution in [-0.2, 0) is 6.54 Å². The zero-order valence-electron chi connectivity index (χ0n) is 11.5. The minimum Gasteiger partial charge on any atom is -0.366 e. The molecular weight excluding hydrogens is 288 g/mol. The van der Waals surface area contributed by atoms with Crippen LogP contribution in [-0.4, -0.2) is 11.8 Å². The predicted octanol–water partition coefficient (Wildman–Crippen LogP) is 2.68. The number of rotatable bonds is 4. The first-order valence-electron chi connectivity index (χ1n) is 6.41. The summed E-state index contributed by atoms with van der Waals surface area (Å²) in [6.07, 6.45) is 0. The number of nitrogens with one attached hydrogen (secondary N) is 1. The van der Waals surface area contributed by atoms with Crippen LogP contribution in [0, 0.1) is 6.92 Å². The highest BCUT2D eigenvalue weighted by atomic mass is 35.5. The highest BCUT2D eigenvalue weighted by molar-refractivity contribution is 6.31. The van der Waals surface area contributed by atoms with Gasteiger partial charge >= 0.3 is 0 Å². The number of primary amides is 1. The van der Waals surface area contributed by atoms with E-state index < -0.39 is 5.91 Å². The first-order chi connectivity index (χ1) is 9.99. The van der Waals surface area contributed by atoms with Gasteiger partial charge in [0.2, 0.25) is 5.91 Å². The maximum atomic E-state index is 12.1. The Bertz CT molecular complexity index is 698. The van der Waals surface area contributed by atoms with E-state index in [0.29, 0.717) is 22.7 Å². The molecule has 4 nitrogen and oxygen atoms in total. The molecule has 0 fully saturated rings. The molecule has 0 unspecified atom stereocenters. The molecule has 0 aliphatic rings. The minimum absolute atomic E-state index is 0.280. The van der Waals surface area contributed by atoms with Crippen LogP contribution in [0.25, 0.3) is 0 Å². The van der Waals surface area contributed by atoms with E-state index in [1.807, 2.05) is 18.2 Å². The maximum absolute atomic E-state index is 12.1. The fourth-order valence-corrected chi connectivity index (χ4v) is 2.15. The lowest BCUT2D eigenvalue weighted by molar-refractivity contribution is 0.0951. The number of aryl methyl sites for hydroxylation is 1. The second-order valence-corrected chi connectivity index (χ2v) is 5.08. The summed E-state index contributed by atoms with van der Waals surface area (Å²) in [5.41, 5.74) is 7.59. The summed E-state index contributed by atoms with van der Waals surface area (Å²) >= 11 is 6.03. The summed E-state index contributed by atoms with van der Waals surface area (Å²) in [5.74, 6) is -0.828. The lowest BCUT2D eigenvalue weighted by atomic mass is 10.0. The van der Waals surface area contributed by atoms with Gasteiger partial charge in [-0.05, 0) is 36.2 Å². The number of nitrogens with two attached hydrogens (primary N) is 1. The van der Waals surface area contributed by atoms with Gasteiger partial charge in [0.15, 0.2) is 0 Å². The lowest BCUT2D eigenvalue weighted by Crippen LogP contribution is -2.24. The maximum Gasteiger partial charge on any atom is 0.251 e. The van der Waals surface area contributed by atoms with E-state index in [-0.39, 0.29) is 5.91 Å². The Morgan fingerprint density at radius 2 is 1.90 bits per heavy atom. The summed E-state index contributed by atoms with van der Waals surface area (Å²) in [5, 5.41) is 3.36. The van der Waals surface area contributed by atoms with Gasteiger partial charge in [0.25, 0.3) is 5.91 Å². The fourth-order valence-electron chi connectivity index (χ4n) is 1.95. The Labute approximate surface area is 127 Å². The molecule has 2 aromatic carbocycles. The van der Waals surface area contributed by atoms with Crippen molar-refractivity contribution in [3.8, 4) is 0 Å². The molecule has 0 saturated carbocycles. The quantitative estimate of drug-likeness (QED) is 0.911. The van der Waals surface area contributed by atoms with Gasteiger partial charge in [-0.1, -0.05) is 35.9 Å². The van der Waals surface area contributed by atoms with Gasteiger partial charge in [-0.15, -0.1) is 0 Å². The van der Waals surface area contributed by atoms with Crippen molar-refractivity contribution >= 4 is 23.4 Å². The highest BCUT2D eigenvalue weighted by Gasteiger charge is 2.11. The van der Waals surface area contributed by atoms with Crippen LogP contribution in [0.2, 0.25) is 5.02 Å². The number of carbonyl (C=O) groups is 2. The van der Waals surface area contributed by atoms with Crippen molar-refractivity contribution in [2.75, 3.05) is 0 Å². The van der Waals surface area contributed by atoms with Crippen LogP contribution in [0.4, 0.5) is 0 Å². The van der Waals surface area contributed by atoms with Gasteiger partial charge in [0, 0.05) is 22.7 Å². The Kier molecular flexibility index (Phi) is 4.60. The Morgan fingerprint density at radius 1 is 1.19 bits per heavy atom. The molecule has 0 spiro atoms. The molecule has 108 valence electrons. The summed E-state index contributed by atoms with van der Waals surface area (Å²) < 4.78 is 0. The molecule has 3 N–H and O–H groups in total. The van der Waals surface area contributed by atoms with Gasteiger partial charge in [-0.3, -0.25) is 9.59 Å². The SMILES string of the molecule is Cc1ccc(C(=O)NCc2ccccc2Cl)cc1C(N)=O. The topological polar surface area (TPSA) is 72.2 Å². The molecule has 0 aliphatic carbocycles. The van der Waals surface area contributed by atoms with E-state index in [1.54, 1.807) is 25.1 Å². The number of halogens is 1. The van der Waals surface area contributed by atoms with Crippen LogP contribution < -0.4 is 11.1 Å². The normalized spacial score (nSPS) is 10.2. The molecule has 5 heteroatoms. The fraction of sp³-hybridized carbons (Fsp3) is 0.125. The van der Waals surface area contributed by atoms with Crippen molar-refractivity contribution in [3.05, 3.63) is 69.7 Å². The molecule has 2 aromatic rings. The summed E-state index contributed by atoms with van der Waals surface area (Å²) in [6.45, 7) is 2.09. The number of amides is 2. The average Bonchev–Trinajstić information content (AvgIpc) is 2.46. The third kappa shape index (κ3) is 3.61. The number of hydrogen-bond acceptors (Lipinski definition) is 2. The lowest BCUT2D eigenvalue weighted by Gasteiger charge is -2.09. The molecule has 0 bridgehead atoms. The molecule has 0 radical (unpaired) electrons. The number of hydrogen-bond donors (Lipinski definition) is 2. The van der Waals surface area contributed by atoms with Crippen LogP contribution in [0.3, 0.4) is 0 Å². The standard InChI is InChI=1S/C16H15ClN2O2/c1-10-6-7-11(8-13(10)15(18)20)16(21)19-9-12-4-2-3-5-14(12)17/h2-8H,9H2,1H3,(H2,18,20)(H,19,21). The van der Waals surface area contributed by atoms with E-state index in [1.165, 1.54) is 6.07 Å². The van der Waals surface area contributed by atoms with Crippen LogP contribution in [0.15, 0.2) is 42.5 Å². The Hall–Kier alpha value is -2.33. The van der Waals surface area contributed by atoms with Crippen molar-refractivity contribution in [2.24, 2.45) is 5.73 Å². The van der Waals surface area contributed by atoms with Gasteiger partial charge in [-0.25, -0.2) is 0 Å². The van der Waals surface area contributed by atoms with Crippen LogP contribution in [0.5, 0.6) is 0 Å². The van der Waals surface area contributed by atoms with Crippen molar-refractivity contribution in [3.63, 3.8) is 0 Å². The van der Waals surface area contributed by atoms with Crippen molar-refractivity contribution < 1.29 is 9.59 Å². The third-order valence-electron chi connectivity index (χ3n) is 3.16. The zero-order valence-corrected chi connectivity index (χ0v) is 12.3. The third-order valence-corrected chi connectivity index (χ3v) is 3.53. The molecule has 0 saturated heterocycles. The number of carbonyl (C=O) groups excluding carboxylic acids is 2. The first-order valence-corrected chi connectivity index (χ1v) is 6.79. The summed E-state index contributed by atoms with van der Waals surface area (Å²) in [7, 11) is 0. The Balaban J connectivity index is 2.12. The highest BCUT2D eigenvalue weighted by Crippen LogP contribution is 2.15. The van der Waals surface area contributed by atoms with Crippen LogP contribution >= 0.6 is 11.6 Å². The van der Waals surface area contributed by atoms with Gasteiger partial charge in [-0.2, -0.15) is 0 Å². The monoisotopic (exact) mass is 302 g/mol. The zero-order chi connectivity index (χ0) is 15.4. The molecule has 2 amide bonds. The van der Waals surface area contributed by atoms with E-state index in [4.69, 9.17) is 17.3 Å². The van der Waals surface area contributed by atoms with Crippen LogP contribution in [0.1, 0.15) is 31.8 Å². The average molecular weight is 303 g/mol. The largest absolute Gasteiger partial charge is 0.366 e. The van der Waals surface area contributed by atoms with E-state index in [0.717, 1.165) is 11.1 Å². The molecular formula is C16H15ClN2O2. The van der Waals surface area contributed by atoms with Gasteiger partial charge in [0.1, 0.15) is 0 Å². The number of benzene rings is 2. The molecule has 0 atom stereocenters. The minimum atomic E-state index is -0.548. The van der Waals surface area contributed by atoms with Crippen molar-refractivity contribution in [1.29, 1.82) is 0 Å². The second kappa shape index (κ2) is 6.41. The van der Waals surface area contributed by atoms with E-state index in [2.05, 4.69) is 5.32 Å². The molecule has 0 aliphatic heterocycles. The van der Waals surface area contributed by atoms with Crippen molar-refractivity contribution in [1.82, 2.24) is 5.32 Å². The molecule has 0 aromatic heterocycles. The second-order valence-electron chi connectivity index (χ2n) is 4.67. The molecule has 21 heavy (non-hydrogen) atoms. The molecule has 0 heterocycles. The van der Waals surface area contributed by atoms with Gasteiger partial charge < -0.3 is 11.1 Å².